The van der Waals surface area contributed by atoms with Gasteiger partial charge in [0.2, 0.25) is 0 Å². The van der Waals surface area contributed by atoms with Crippen molar-refractivity contribution in [1.29, 1.82) is 0 Å². The maximum atomic E-state index is 9.09. The summed E-state index contributed by atoms with van der Waals surface area (Å²) in [6, 6.07) is 0.492. The summed E-state index contributed by atoms with van der Waals surface area (Å²) in [7, 11) is 0. The SMILES string of the molecule is CC(C)N(CCO)CC1(CBr)CCOCC1. The first-order chi connectivity index (χ1) is 7.63. The largest absolute Gasteiger partial charge is 0.395 e. The number of hydrogen-bond donors (Lipinski definition) is 1. The van der Waals surface area contributed by atoms with E-state index in [2.05, 4.69) is 34.7 Å². The lowest BCUT2D eigenvalue weighted by molar-refractivity contribution is 0.000196. The molecular formula is C12H24BrNO2. The predicted molar refractivity (Wildman–Crippen MR) is 70.1 cm³/mol. The van der Waals surface area contributed by atoms with Crippen LogP contribution in [-0.4, -0.2) is 54.3 Å². The van der Waals surface area contributed by atoms with Crippen LogP contribution in [-0.2, 0) is 4.74 Å². The highest BCUT2D eigenvalue weighted by Gasteiger charge is 2.33. The zero-order chi connectivity index (χ0) is 12.0. The third-order valence-corrected chi connectivity index (χ3v) is 4.68. The van der Waals surface area contributed by atoms with Crippen molar-refractivity contribution in [3.63, 3.8) is 0 Å². The minimum atomic E-state index is 0.243. The van der Waals surface area contributed by atoms with E-state index >= 15 is 0 Å². The van der Waals surface area contributed by atoms with E-state index in [-0.39, 0.29) is 6.61 Å². The molecule has 0 radical (unpaired) electrons. The molecule has 1 heterocycles. The van der Waals surface area contributed by atoms with Crippen molar-refractivity contribution in [2.24, 2.45) is 5.41 Å². The third kappa shape index (κ3) is 3.99. The Balaban J connectivity index is 2.57. The van der Waals surface area contributed by atoms with E-state index in [4.69, 9.17) is 9.84 Å². The normalized spacial score (nSPS) is 20.6. The van der Waals surface area contributed by atoms with Crippen LogP contribution >= 0.6 is 15.9 Å². The Kier molecular flexibility index (Phi) is 6.26. The molecule has 1 aliphatic heterocycles. The fraction of sp³-hybridized carbons (Fsp3) is 1.00. The number of nitrogens with zero attached hydrogens (tertiary/aromatic N) is 1. The van der Waals surface area contributed by atoms with Gasteiger partial charge in [-0.3, -0.25) is 4.90 Å². The van der Waals surface area contributed by atoms with Crippen molar-refractivity contribution in [1.82, 2.24) is 4.90 Å². The van der Waals surface area contributed by atoms with Crippen molar-refractivity contribution >= 4 is 15.9 Å². The van der Waals surface area contributed by atoms with E-state index in [1.807, 2.05) is 0 Å². The molecule has 1 fully saturated rings. The Morgan fingerprint density at radius 3 is 2.44 bits per heavy atom. The zero-order valence-corrected chi connectivity index (χ0v) is 12.0. The topological polar surface area (TPSA) is 32.7 Å². The second-order valence-corrected chi connectivity index (χ2v) is 5.59. The molecule has 1 saturated heterocycles. The molecule has 0 saturated carbocycles. The highest BCUT2D eigenvalue weighted by Crippen LogP contribution is 2.33. The van der Waals surface area contributed by atoms with Crippen LogP contribution in [0.5, 0.6) is 0 Å². The molecule has 96 valence electrons. The standard InChI is InChI=1S/C12H24BrNO2/c1-11(2)14(5-6-15)10-12(9-13)3-7-16-8-4-12/h11,15H,3-10H2,1-2H3. The van der Waals surface area contributed by atoms with Crippen LogP contribution in [0.15, 0.2) is 0 Å². The van der Waals surface area contributed by atoms with E-state index in [0.29, 0.717) is 11.5 Å². The van der Waals surface area contributed by atoms with Gasteiger partial charge in [-0.05, 0) is 32.1 Å². The molecule has 1 aliphatic rings. The summed E-state index contributed by atoms with van der Waals surface area (Å²) >= 11 is 3.65. The van der Waals surface area contributed by atoms with Crippen LogP contribution in [0.25, 0.3) is 0 Å². The van der Waals surface area contributed by atoms with Gasteiger partial charge in [-0.15, -0.1) is 0 Å². The number of aliphatic hydroxyl groups excluding tert-OH is 1. The molecule has 0 aliphatic carbocycles. The van der Waals surface area contributed by atoms with Crippen molar-refractivity contribution < 1.29 is 9.84 Å². The van der Waals surface area contributed by atoms with Crippen molar-refractivity contribution in [3.05, 3.63) is 0 Å². The average molecular weight is 294 g/mol. The van der Waals surface area contributed by atoms with Crippen LogP contribution in [0.1, 0.15) is 26.7 Å². The zero-order valence-electron chi connectivity index (χ0n) is 10.4. The number of aliphatic hydroxyl groups is 1. The minimum Gasteiger partial charge on any atom is -0.395 e. The highest BCUT2D eigenvalue weighted by molar-refractivity contribution is 9.09. The lowest BCUT2D eigenvalue weighted by Crippen LogP contribution is -2.46. The lowest BCUT2D eigenvalue weighted by Gasteiger charge is -2.41. The Morgan fingerprint density at radius 2 is 2.00 bits per heavy atom. The van der Waals surface area contributed by atoms with Crippen LogP contribution in [0.3, 0.4) is 0 Å². The number of rotatable bonds is 6. The summed E-state index contributed by atoms with van der Waals surface area (Å²) in [6.07, 6.45) is 2.24. The summed E-state index contributed by atoms with van der Waals surface area (Å²) in [5, 5.41) is 10.1. The summed E-state index contributed by atoms with van der Waals surface area (Å²) in [5.41, 5.74) is 0.331. The Bertz CT molecular complexity index is 193. The van der Waals surface area contributed by atoms with Gasteiger partial charge in [0.05, 0.1) is 6.61 Å². The van der Waals surface area contributed by atoms with Gasteiger partial charge in [0.25, 0.3) is 0 Å². The van der Waals surface area contributed by atoms with E-state index in [9.17, 15) is 0 Å². The molecule has 0 spiro atoms. The van der Waals surface area contributed by atoms with Gasteiger partial charge >= 0.3 is 0 Å². The van der Waals surface area contributed by atoms with Gasteiger partial charge < -0.3 is 9.84 Å². The predicted octanol–water partition coefficient (Wildman–Crippen LogP) is 1.88. The molecule has 0 unspecified atom stereocenters. The monoisotopic (exact) mass is 293 g/mol. The van der Waals surface area contributed by atoms with Gasteiger partial charge in [-0.1, -0.05) is 15.9 Å². The quantitative estimate of drug-likeness (QED) is 0.759. The number of hydrogen-bond acceptors (Lipinski definition) is 3. The first kappa shape index (κ1) is 14.4. The number of alkyl halides is 1. The van der Waals surface area contributed by atoms with Gasteiger partial charge in [0.1, 0.15) is 0 Å². The van der Waals surface area contributed by atoms with E-state index < -0.39 is 0 Å². The lowest BCUT2D eigenvalue weighted by atomic mass is 9.81. The van der Waals surface area contributed by atoms with Crippen molar-refractivity contribution in [3.8, 4) is 0 Å². The molecule has 0 amide bonds. The average Bonchev–Trinajstić information content (AvgIpc) is 2.29. The Hall–Kier alpha value is 0.360. The fourth-order valence-corrected chi connectivity index (χ4v) is 2.96. The second-order valence-electron chi connectivity index (χ2n) is 5.03. The van der Waals surface area contributed by atoms with E-state index in [1.54, 1.807) is 0 Å². The van der Waals surface area contributed by atoms with Crippen molar-refractivity contribution in [2.75, 3.05) is 38.2 Å². The van der Waals surface area contributed by atoms with Gasteiger partial charge in [-0.25, -0.2) is 0 Å². The first-order valence-corrected chi connectivity index (χ1v) is 7.24. The van der Waals surface area contributed by atoms with Crippen LogP contribution < -0.4 is 0 Å². The summed E-state index contributed by atoms with van der Waals surface area (Å²) < 4.78 is 5.44. The molecular weight excluding hydrogens is 270 g/mol. The maximum Gasteiger partial charge on any atom is 0.0558 e. The van der Waals surface area contributed by atoms with Crippen LogP contribution in [0, 0.1) is 5.41 Å². The Morgan fingerprint density at radius 1 is 1.38 bits per heavy atom. The molecule has 0 aromatic carbocycles. The van der Waals surface area contributed by atoms with E-state index in [0.717, 1.165) is 44.5 Å². The van der Waals surface area contributed by atoms with Crippen LogP contribution in [0.2, 0.25) is 0 Å². The third-order valence-electron chi connectivity index (χ3n) is 3.49. The molecule has 16 heavy (non-hydrogen) atoms. The second kappa shape index (κ2) is 6.94. The number of ether oxygens (including phenoxy) is 1. The number of halogens is 1. The summed E-state index contributed by atoms with van der Waals surface area (Å²) in [5.74, 6) is 0. The Labute approximate surface area is 107 Å². The first-order valence-electron chi connectivity index (χ1n) is 6.12. The molecule has 1 rings (SSSR count). The van der Waals surface area contributed by atoms with E-state index in [1.165, 1.54) is 0 Å². The smallest absolute Gasteiger partial charge is 0.0558 e. The maximum absolute atomic E-state index is 9.09. The molecule has 1 N–H and O–H groups in total. The molecule has 3 nitrogen and oxygen atoms in total. The minimum absolute atomic E-state index is 0.243. The molecule has 4 heteroatoms. The molecule has 0 aromatic rings. The molecule has 0 atom stereocenters. The highest BCUT2D eigenvalue weighted by atomic mass is 79.9. The fourth-order valence-electron chi connectivity index (χ4n) is 2.22. The van der Waals surface area contributed by atoms with Gasteiger partial charge in [-0.2, -0.15) is 0 Å². The summed E-state index contributed by atoms with van der Waals surface area (Å²) in [4.78, 5) is 2.37. The van der Waals surface area contributed by atoms with Gasteiger partial charge in [0, 0.05) is 37.7 Å². The molecule has 0 bridgehead atoms. The molecule has 0 aromatic heterocycles. The van der Waals surface area contributed by atoms with Crippen LogP contribution in [0.4, 0.5) is 0 Å². The van der Waals surface area contributed by atoms with Crippen molar-refractivity contribution in [2.45, 2.75) is 32.7 Å². The summed E-state index contributed by atoms with van der Waals surface area (Å²) in [6.45, 7) is 8.20. The van der Waals surface area contributed by atoms with Gasteiger partial charge in [0.15, 0.2) is 0 Å².